The zero-order valence-electron chi connectivity index (χ0n) is 14.7. The number of carbonyl (C=O) groups is 2. The van der Waals surface area contributed by atoms with Crippen LogP contribution >= 0.6 is 0 Å². The quantitative estimate of drug-likeness (QED) is 0.804. The molecule has 1 aromatic rings. The molecule has 3 N–H and O–H groups in total. The van der Waals surface area contributed by atoms with Gasteiger partial charge < -0.3 is 15.7 Å². The Morgan fingerprint density at radius 1 is 1.16 bits per heavy atom. The van der Waals surface area contributed by atoms with Crippen molar-refractivity contribution in [2.24, 2.45) is 17.1 Å². The number of nitrogens with two attached hydrogens (primary N) is 1. The lowest BCUT2D eigenvalue weighted by atomic mass is 9.78. The van der Waals surface area contributed by atoms with Crippen LogP contribution in [-0.4, -0.2) is 41.5 Å². The summed E-state index contributed by atoms with van der Waals surface area (Å²) in [5.74, 6) is -0.361. The van der Waals surface area contributed by atoms with E-state index < -0.39 is 11.4 Å². The maximum absolute atomic E-state index is 12.9. The van der Waals surface area contributed by atoms with E-state index in [4.69, 9.17) is 5.73 Å². The fourth-order valence-electron chi connectivity index (χ4n) is 4.61. The van der Waals surface area contributed by atoms with Crippen molar-refractivity contribution in [2.75, 3.05) is 19.6 Å². The van der Waals surface area contributed by atoms with Crippen LogP contribution < -0.4 is 5.73 Å². The average molecular weight is 344 g/mol. The number of hydrogen-bond acceptors (Lipinski definition) is 3. The Bertz CT molecular complexity index is 603. The van der Waals surface area contributed by atoms with Crippen molar-refractivity contribution in [1.29, 1.82) is 0 Å². The van der Waals surface area contributed by atoms with Gasteiger partial charge in [-0.2, -0.15) is 0 Å². The molecule has 136 valence electrons. The van der Waals surface area contributed by atoms with E-state index in [0.29, 0.717) is 44.3 Å². The first kappa shape index (κ1) is 17.9. The van der Waals surface area contributed by atoms with Crippen molar-refractivity contribution in [2.45, 2.75) is 44.4 Å². The molecule has 1 aromatic carbocycles. The number of carboxylic acids is 1. The topological polar surface area (TPSA) is 83.6 Å². The minimum Gasteiger partial charge on any atom is -0.480 e. The van der Waals surface area contributed by atoms with E-state index in [1.54, 1.807) is 4.90 Å². The predicted molar refractivity (Wildman–Crippen MR) is 96.1 cm³/mol. The summed E-state index contributed by atoms with van der Waals surface area (Å²) in [7, 11) is 0. The third kappa shape index (κ3) is 3.43. The monoisotopic (exact) mass is 344 g/mol. The van der Waals surface area contributed by atoms with Crippen LogP contribution in [-0.2, 0) is 9.59 Å². The highest BCUT2D eigenvalue weighted by molar-refractivity contribution is 6.02. The normalized spacial score (nSPS) is 21.9. The molecule has 5 nitrogen and oxygen atoms in total. The summed E-state index contributed by atoms with van der Waals surface area (Å²) in [4.78, 5) is 26.4. The first-order valence-electron chi connectivity index (χ1n) is 9.36. The van der Waals surface area contributed by atoms with Gasteiger partial charge in [-0.1, -0.05) is 43.2 Å². The molecule has 0 spiro atoms. The van der Waals surface area contributed by atoms with Crippen molar-refractivity contribution in [3.63, 3.8) is 0 Å². The van der Waals surface area contributed by atoms with Gasteiger partial charge in [-0.3, -0.25) is 9.59 Å². The summed E-state index contributed by atoms with van der Waals surface area (Å²) in [5, 5.41) is 9.63. The number of aliphatic carboxylic acids is 1. The first-order valence-corrected chi connectivity index (χ1v) is 9.36. The molecule has 0 aromatic heterocycles. The highest BCUT2D eigenvalue weighted by Gasteiger charge is 2.50. The molecule has 1 aliphatic carbocycles. The molecule has 2 aliphatic rings. The lowest BCUT2D eigenvalue weighted by Crippen LogP contribution is -2.50. The molecule has 1 heterocycles. The summed E-state index contributed by atoms with van der Waals surface area (Å²) in [6, 6.07) is 10.3. The van der Waals surface area contributed by atoms with Crippen molar-refractivity contribution in [3.8, 4) is 0 Å². The van der Waals surface area contributed by atoms with Crippen molar-refractivity contribution >= 4 is 11.9 Å². The third-order valence-electron chi connectivity index (χ3n) is 6.15. The van der Waals surface area contributed by atoms with Gasteiger partial charge in [0.1, 0.15) is 5.41 Å². The fraction of sp³-hybridized carbons (Fsp3) is 0.600. The van der Waals surface area contributed by atoms with Crippen LogP contribution in [0.3, 0.4) is 0 Å². The molecule has 3 rings (SSSR count). The average Bonchev–Trinajstić information content (AvgIpc) is 3.14. The Hall–Kier alpha value is -1.88. The van der Waals surface area contributed by atoms with E-state index in [0.717, 1.165) is 25.7 Å². The molecular weight excluding hydrogens is 316 g/mol. The number of piperidine rings is 1. The Balaban J connectivity index is 1.65. The van der Waals surface area contributed by atoms with E-state index in [-0.39, 0.29) is 5.91 Å². The second-order valence-corrected chi connectivity index (χ2v) is 7.48. The predicted octanol–water partition coefficient (Wildman–Crippen LogP) is 2.61. The second-order valence-electron chi connectivity index (χ2n) is 7.48. The van der Waals surface area contributed by atoms with Gasteiger partial charge in [-0.05, 0) is 49.6 Å². The summed E-state index contributed by atoms with van der Waals surface area (Å²) >= 11 is 0. The summed E-state index contributed by atoms with van der Waals surface area (Å²) in [6.07, 6.45) is 4.40. The molecule has 25 heavy (non-hydrogen) atoms. The van der Waals surface area contributed by atoms with Crippen LogP contribution in [0.15, 0.2) is 30.3 Å². The number of benzene rings is 1. The van der Waals surface area contributed by atoms with Gasteiger partial charge in [0, 0.05) is 13.1 Å². The largest absolute Gasteiger partial charge is 0.480 e. The highest BCUT2D eigenvalue weighted by atomic mass is 16.4. The lowest BCUT2D eigenvalue weighted by molar-refractivity contribution is -0.161. The molecule has 1 saturated heterocycles. The number of rotatable bonds is 5. The van der Waals surface area contributed by atoms with Crippen molar-refractivity contribution in [3.05, 3.63) is 35.9 Å². The smallest absolute Gasteiger partial charge is 0.319 e. The Kier molecular flexibility index (Phi) is 5.42. The zero-order valence-corrected chi connectivity index (χ0v) is 14.7. The van der Waals surface area contributed by atoms with Crippen LogP contribution in [0, 0.1) is 11.3 Å². The number of amides is 1. The van der Waals surface area contributed by atoms with Gasteiger partial charge in [0.2, 0.25) is 5.91 Å². The Morgan fingerprint density at radius 2 is 1.76 bits per heavy atom. The number of hydrogen-bond donors (Lipinski definition) is 2. The van der Waals surface area contributed by atoms with Crippen LogP contribution in [0.1, 0.15) is 50.0 Å². The number of nitrogens with zero attached hydrogens (tertiary/aromatic N) is 1. The molecule has 1 amide bonds. The SMILES string of the molecule is NCC(c1ccccc1)C1CCN(C(=O)C2(C(=O)O)CCCC2)CC1. The van der Waals surface area contributed by atoms with Crippen LogP contribution in [0.2, 0.25) is 0 Å². The van der Waals surface area contributed by atoms with Crippen molar-refractivity contribution < 1.29 is 14.7 Å². The molecule has 1 aliphatic heterocycles. The molecule has 0 bridgehead atoms. The molecule has 1 saturated carbocycles. The van der Waals surface area contributed by atoms with E-state index in [2.05, 4.69) is 12.1 Å². The van der Waals surface area contributed by atoms with Gasteiger partial charge in [0.05, 0.1) is 0 Å². The second kappa shape index (κ2) is 7.56. The van der Waals surface area contributed by atoms with Gasteiger partial charge in [0.25, 0.3) is 0 Å². The van der Waals surface area contributed by atoms with Gasteiger partial charge in [-0.15, -0.1) is 0 Å². The van der Waals surface area contributed by atoms with E-state index in [1.165, 1.54) is 5.56 Å². The minimum atomic E-state index is -1.17. The molecule has 1 atom stereocenters. The van der Waals surface area contributed by atoms with Gasteiger partial charge in [0.15, 0.2) is 0 Å². The standard InChI is InChI=1S/C20H28N2O3/c21-14-17(15-6-2-1-3-7-15)16-8-12-22(13-9-16)18(23)20(19(24)25)10-4-5-11-20/h1-3,6-7,16-17H,4-5,8-14,21H2,(H,24,25). The Labute approximate surface area is 149 Å². The summed E-state index contributed by atoms with van der Waals surface area (Å²) < 4.78 is 0. The highest BCUT2D eigenvalue weighted by Crippen LogP contribution is 2.41. The molecule has 5 heteroatoms. The summed E-state index contributed by atoms with van der Waals surface area (Å²) in [6.45, 7) is 1.88. The first-order chi connectivity index (χ1) is 12.1. The Morgan fingerprint density at radius 3 is 2.28 bits per heavy atom. The van der Waals surface area contributed by atoms with E-state index in [1.807, 2.05) is 18.2 Å². The number of likely N-dealkylation sites (tertiary alicyclic amines) is 1. The van der Waals surface area contributed by atoms with Crippen LogP contribution in [0.4, 0.5) is 0 Å². The van der Waals surface area contributed by atoms with Crippen LogP contribution in [0.25, 0.3) is 0 Å². The molecule has 2 fully saturated rings. The maximum Gasteiger partial charge on any atom is 0.319 e. The van der Waals surface area contributed by atoms with Gasteiger partial charge >= 0.3 is 5.97 Å². The summed E-state index contributed by atoms with van der Waals surface area (Å²) in [5.41, 5.74) is 6.12. The zero-order chi connectivity index (χ0) is 17.9. The van der Waals surface area contributed by atoms with E-state index in [9.17, 15) is 14.7 Å². The fourth-order valence-corrected chi connectivity index (χ4v) is 4.61. The number of carboxylic acid groups (broad SMARTS) is 1. The van der Waals surface area contributed by atoms with Crippen LogP contribution in [0.5, 0.6) is 0 Å². The number of carbonyl (C=O) groups excluding carboxylic acids is 1. The van der Waals surface area contributed by atoms with Crippen molar-refractivity contribution in [1.82, 2.24) is 4.90 Å². The molecule has 1 unspecified atom stereocenters. The lowest BCUT2D eigenvalue weighted by Gasteiger charge is -2.39. The third-order valence-corrected chi connectivity index (χ3v) is 6.15. The van der Waals surface area contributed by atoms with E-state index >= 15 is 0 Å². The maximum atomic E-state index is 12.9. The molecule has 0 radical (unpaired) electrons. The molecular formula is C20H28N2O3. The van der Waals surface area contributed by atoms with Gasteiger partial charge in [-0.25, -0.2) is 0 Å². The minimum absolute atomic E-state index is 0.167.